The van der Waals surface area contributed by atoms with Crippen LogP contribution in [0.25, 0.3) is 0 Å². The number of hydrogen-bond donors (Lipinski definition) is 1. The first kappa shape index (κ1) is 23.5. The normalized spacial score (nSPS) is 20.2. The fourth-order valence-electron chi connectivity index (χ4n) is 4.16. The number of carboxylic acids is 1. The molecule has 0 aromatic carbocycles. The minimum Gasteiger partial charge on any atom is -0.475 e. The molecule has 3 aromatic heterocycles. The Morgan fingerprint density at radius 3 is 2.52 bits per heavy atom. The van der Waals surface area contributed by atoms with Crippen molar-refractivity contribution in [3.63, 3.8) is 0 Å². The van der Waals surface area contributed by atoms with Gasteiger partial charge in [0.1, 0.15) is 5.69 Å². The van der Waals surface area contributed by atoms with Crippen LogP contribution in [-0.2, 0) is 17.9 Å². The van der Waals surface area contributed by atoms with Crippen molar-refractivity contribution in [3.05, 3.63) is 62.5 Å². The zero-order chi connectivity index (χ0) is 23.8. The van der Waals surface area contributed by atoms with E-state index in [0.717, 1.165) is 31.0 Å². The van der Waals surface area contributed by atoms with Crippen molar-refractivity contribution in [2.45, 2.75) is 38.3 Å². The number of thiazole rings is 1. The van der Waals surface area contributed by atoms with Crippen molar-refractivity contribution in [1.82, 2.24) is 19.4 Å². The molecule has 12 heteroatoms. The third kappa shape index (κ3) is 4.97. The highest BCUT2D eigenvalue weighted by Crippen LogP contribution is 2.36. The molecule has 1 amide bonds. The maximum Gasteiger partial charge on any atom is 0.490 e. The Balaban J connectivity index is 0.000000325. The van der Waals surface area contributed by atoms with Gasteiger partial charge in [-0.2, -0.15) is 13.2 Å². The van der Waals surface area contributed by atoms with Crippen LogP contribution >= 0.6 is 22.7 Å². The fourth-order valence-corrected chi connectivity index (χ4v) is 5.68. The quantitative estimate of drug-likeness (QED) is 0.588. The molecule has 0 bridgehead atoms. The van der Waals surface area contributed by atoms with Gasteiger partial charge in [0, 0.05) is 35.6 Å². The number of aliphatic carboxylic acids is 1. The van der Waals surface area contributed by atoms with Crippen LogP contribution in [0.3, 0.4) is 0 Å². The zero-order valence-corrected chi connectivity index (χ0v) is 19.2. The molecule has 33 heavy (non-hydrogen) atoms. The highest BCUT2D eigenvalue weighted by Gasteiger charge is 2.45. The lowest BCUT2D eigenvalue weighted by Gasteiger charge is -2.38. The second-order valence-corrected chi connectivity index (χ2v) is 9.78. The van der Waals surface area contributed by atoms with Gasteiger partial charge >= 0.3 is 12.1 Å². The molecule has 5 rings (SSSR count). The molecule has 1 fully saturated rings. The molecule has 0 saturated carbocycles. The van der Waals surface area contributed by atoms with Crippen molar-refractivity contribution in [2.24, 2.45) is 0 Å². The lowest BCUT2D eigenvalue weighted by Crippen LogP contribution is -2.49. The number of amides is 1. The molecule has 2 atom stereocenters. The second-order valence-electron chi connectivity index (χ2n) is 7.81. The molecule has 1 saturated heterocycles. The van der Waals surface area contributed by atoms with Crippen molar-refractivity contribution >= 4 is 34.6 Å². The number of thiophene rings is 1. The summed E-state index contributed by atoms with van der Waals surface area (Å²) in [6.45, 7) is 5.58. The summed E-state index contributed by atoms with van der Waals surface area (Å²) in [4.78, 5) is 33.5. The number of carbonyl (C=O) groups excluding carboxylic acids is 1. The maximum absolute atomic E-state index is 13.1. The number of aromatic nitrogens is 2. The summed E-state index contributed by atoms with van der Waals surface area (Å²) in [5, 5.41) is 9.21. The SMILES string of the molecule is Cc1ncsc1CN1CC2C(C1)n1cccc1C(=O)N2Cc1cccs1.O=C(O)C(F)(F)F. The molecule has 5 heterocycles. The summed E-state index contributed by atoms with van der Waals surface area (Å²) in [7, 11) is 0. The lowest BCUT2D eigenvalue weighted by molar-refractivity contribution is -0.192. The number of halogens is 3. The van der Waals surface area contributed by atoms with E-state index in [-0.39, 0.29) is 11.9 Å². The second kappa shape index (κ2) is 9.27. The number of alkyl halides is 3. The van der Waals surface area contributed by atoms with Crippen molar-refractivity contribution < 1.29 is 27.9 Å². The summed E-state index contributed by atoms with van der Waals surface area (Å²) in [6.07, 6.45) is -3.02. The average Bonchev–Trinajstić information content (AvgIpc) is 3.53. The molecular weight excluding hydrogens is 477 g/mol. The largest absolute Gasteiger partial charge is 0.490 e. The van der Waals surface area contributed by atoms with Crippen molar-refractivity contribution in [1.29, 1.82) is 0 Å². The molecule has 176 valence electrons. The topological polar surface area (TPSA) is 78.7 Å². The predicted molar refractivity (Wildman–Crippen MR) is 117 cm³/mol. The first-order valence-electron chi connectivity index (χ1n) is 10.1. The molecule has 2 aliphatic rings. The van der Waals surface area contributed by atoms with E-state index in [1.165, 1.54) is 9.75 Å². The van der Waals surface area contributed by atoms with Crippen LogP contribution in [0, 0.1) is 6.92 Å². The van der Waals surface area contributed by atoms with Crippen LogP contribution in [0.15, 0.2) is 41.4 Å². The van der Waals surface area contributed by atoms with Gasteiger partial charge in [0.25, 0.3) is 5.91 Å². The van der Waals surface area contributed by atoms with Gasteiger partial charge in [0.05, 0.1) is 29.8 Å². The highest BCUT2D eigenvalue weighted by molar-refractivity contribution is 7.10. The maximum atomic E-state index is 13.1. The molecule has 2 unspecified atom stereocenters. The number of rotatable bonds is 4. The molecule has 0 spiro atoms. The van der Waals surface area contributed by atoms with Crippen LogP contribution in [0.4, 0.5) is 13.2 Å². The number of hydrogen-bond acceptors (Lipinski definition) is 6. The Morgan fingerprint density at radius 2 is 1.91 bits per heavy atom. The Bertz CT molecular complexity index is 1130. The first-order chi connectivity index (χ1) is 15.6. The first-order valence-corrected chi connectivity index (χ1v) is 11.8. The number of carbonyl (C=O) groups is 2. The number of nitrogens with zero attached hydrogens (tertiary/aromatic N) is 4. The highest BCUT2D eigenvalue weighted by atomic mass is 32.1. The number of aryl methyl sites for hydroxylation is 1. The van der Waals surface area contributed by atoms with E-state index < -0.39 is 12.1 Å². The van der Waals surface area contributed by atoms with E-state index in [9.17, 15) is 18.0 Å². The smallest absolute Gasteiger partial charge is 0.475 e. The minimum atomic E-state index is -5.08. The van der Waals surface area contributed by atoms with Crippen molar-refractivity contribution in [3.8, 4) is 0 Å². The molecular formula is C21H21F3N4O3S2. The predicted octanol–water partition coefficient (Wildman–Crippen LogP) is 4.03. The van der Waals surface area contributed by atoms with Crippen LogP contribution in [0.1, 0.15) is 32.0 Å². The van der Waals surface area contributed by atoms with Crippen LogP contribution in [0.5, 0.6) is 0 Å². The Kier molecular flexibility index (Phi) is 6.59. The van der Waals surface area contributed by atoms with Gasteiger partial charge in [-0.25, -0.2) is 9.78 Å². The van der Waals surface area contributed by atoms with Crippen LogP contribution in [0.2, 0.25) is 0 Å². The summed E-state index contributed by atoms with van der Waals surface area (Å²) in [5.74, 6) is -2.60. The number of likely N-dealkylation sites (tertiary alicyclic amines) is 1. The third-order valence-electron chi connectivity index (χ3n) is 5.71. The Hall–Kier alpha value is -2.70. The van der Waals surface area contributed by atoms with Gasteiger partial charge in [-0.15, -0.1) is 22.7 Å². The molecule has 1 N–H and O–H groups in total. The molecule has 2 aliphatic heterocycles. The average molecular weight is 499 g/mol. The van der Waals surface area contributed by atoms with Gasteiger partial charge in [0.15, 0.2) is 0 Å². The fraction of sp³-hybridized carbons (Fsp3) is 0.381. The summed E-state index contributed by atoms with van der Waals surface area (Å²) in [5.41, 5.74) is 3.86. The molecule has 7 nitrogen and oxygen atoms in total. The number of carboxylic acid groups (broad SMARTS) is 1. The van der Waals surface area contributed by atoms with Gasteiger partial charge in [-0.3, -0.25) is 9.69 Å². The van der Waals surface area contributed by atoms with E-state index >= 15 is 0 Å². The van der Waals surface area contributed by atoms with Crippen LogP contribution in [-0.4, -0.2) is 61.6 Å². The van der Waals surface area contributed by atoms with E-state index in [1.54, 1.807) is 22.7 Å². The third-order valence-corrected chi connectivity index (χ3v) is 7.49. The minimum absolute atomic E-state index is 0.153. The lowest BCUT2D eigenvalue weighted by atomic mass is 10.1. The van der Waals surface area contributed by atoms with Crippen molar-refractivity contribution in [2.75, 3.05) is 13.1 Å². The summed E-state index contributed by atoms with van der Waals surface area (Å²) in [6, 6.07) is 8.67. The van der Waals surface area contributed by atoms with E-state index in [4.69, 9.17) is 9.90 Å². The Labute approximate surface area is 195 Å². The van der Waals surface area contributed by atoms with E-state index in [0.29, 0.717) is 12.6 Å². The summed E-state index contributed by atoms with van der Waals surface area (Å²) >= 11 is 3.45. The number of fused-ring (bicyclic) bond motifs is 3. The van der Waals surface area contributed by atoms with Gasteiger partial charge in [0.2, 0.25) is 0 Å². The van der Waals surface area contributed by atoms with E-state index in [1.807, 2.05) is 17.6 Å². The standard InChI is InChI=1S/C19H20N4OS2.C2HF3O2/c1-13-18(26-12-20-13)11-21-9-16-17(10-21)23(8-14-4-3-7-25-14)19(24)15-5-2-6-22(15)16;3-2(4,5)1(6)7/h2-7,12,16-17H,8-11H2,1H3;(H,6,7). The van der Waals surface area contributed by atoms with Gasteiger partial charge in [-0.05, 0) is 30.5 Å². The monoisotopic (exact) mass is 498 g/mol. The molecule has 0 aliphatic carbocycles. The Morgan fingerprint density at radius 1 is 1.18 bits per heavy atom. The van der Waals surface area contributed by atoms with Gasteiger partial charge in [-0.1, -0.05) is 6.07 Å². The zero-order valence-electron chi connectivity index (χ0n) is 17.5. The van der Waals surface area contributed by atoms with E-state index in [2.05, 4.69) is 50.0 Å². The molecule has 0 radical (unpaired) electrons. The van der Waals surface area contributed by atoms with Gasteiger partial charge < -0.3 is 14.6 Å². The molecule has 3 aromatic rings. The summed E-state index contributed by atoms with van der Waals surface area (Å²) < 4.78 is 33.9. The van der Waals surface area contributed by atoms with Crippen LogP contribution < -0.4 is 0 Å².